The van der Waals surface area contributed by atoms with E-state index in [1.807, 2.05) is 0 Å². The Balaban J connectivity index is 2.82. The van der Waals surface area contributed by atoms with Gasteiger partial charge in [-0.25, -0.2) is 8.42 Å². The van der Waals surface area contributed by atoms with E-state index in [-0.39, 0.29) is 20.0 Å². The quantitative estimate of drug-likeness (QED) is 0.666. The van der Waals surface area contributed by atoms with Crippen molar-refractivity contribution < 1.29 is 8.42 Å². The Labute approximate surface area is 137 Å². The van der Waals surface area contributed by atoms with E-state index in [4.69, 9.17) is 46.4 Å². The topological polar surface area (TPSA) is 34.1 Å². The van der Waals surface area contributed by atoms with Crippen molar-refractivity contribution in [2.24, 2.45) is 0 Å². The van der Waals surface area contributed by atoms with Gasteiger partial charge in [0.1, 0.15) is 0 Å². The van der Waals surface area contributed by atoms with Crippen molar-refractivity contribution in [1.82, 2.24) is 0 Å². The second-order valence-corrected chi connectivity index (χ2v) is 7.72. The predicted octanol–water partition coefficient (Wildman–Crippen LogP) is 5.37. The summed E-state index contributed by atoms with van der Waals surface area (Å²) in [6, 6.07) is 7.95. The Hall–Kier alpha value is -0.450. The van der Waals surface area contributed by atoms with Crippen molar-refractivity contribution in [2.45, 2.75) is 4.90 Å². The first-order valence-corrected chi connectivity index (χ1v) is 8.75. The molecule has 7 heteroatoms. The molecule has 0 aliphatic carbocycles. The summed E-state index contributed by atoms with van der Waals surface area (Å²) in [4.78, 5) is -0.0569. The molecule has 0 heterocycles. The number of sulfone groups is 1. The fraction of sp³-hybridized carbons (Fsp3) is 0.0769. The minimum Gasteiger partial charge on any atom is -0.224 e. The third-order valence-corrected chi connectivity index (χ3v) is 5.32. The van der Waals surface area contributed by atoms with Crippen molar-refractivity contribution in [1.29, 1.82) is 0 Å². The van der Waals surface area contributed by atoms with Crippen molar-refractivity contribution in [3.8, 4) is 11.1 Å². The van der Waals surface area contributed by atoms with Gasteiger partial charge in [-0.15, -0.1) is 0 Å². The van der Waals surface area contributed by atoms with Crippen molar-refractivity contribution in [3.63, 3.8) is 0 Å². The van der Waals surface area contributed by atoms with Gasteiger partial charge in [0, 0.05) is 16.8 Å². The Morgan fingerprint density at radius 2 is 1.45 bits per heavy atom. The average molecular weight is 370 g/mol. The first kappa shape index (κ1) is 15.9. The van der Waals surface area contributed by atoms with E-state index in [1.165, 1.54) is 6.07 Å². The molecule has 0 spiro atoms. The lowest BCUT2D eigenvalue weighted by Gasteiger charge is -2.12. The second-order valence-electron chi connectivity index (χ2n) is 4.14. The van der Waals surface area contributed by atoms with Gasteiger partial charge < -0.3 is 0 Å². The van der Waals surface area contributed by atoms with Crippen LogP contribution in [0.15, 0.2) is 35.2 Å². The van der Waals surface area contributed by atoms with Gasteiger partial charge in [-0.3, -0.25) is 0 Å². The Morgan fingerprint density at radius 1 is 0.900 bits per heavy atom. The lowest BCUT2D eigenvalue weighted by Crippen LogP contribution is -2.00. The van der Waals surface area contributed by atoms with Crippen LogP contribution in [0.1, 0.15) is 0 Å². The van der Waals surface area contributed by atoms with Gasteiger partial charge in [-0.2, -0.15) is 0 Å². The standard InChI is InChI=1S/C13H8Cl4O2S/c1-20(18,19)10-6-9(15)12(16)11(13(10)17)7-2-4-8(14)5-3-7/h2-6H,1H3. The molecule has 0 fully saturated rings. The summed E-state index contributed by atoms with van der Waals surface area (Å²) in [6.07, 6.45) is 1.06. The third kappa shape index (κ3) is 3.07. The molecule has 0 N–H and O–H groups in total. The van der Waals surface area contributed by atoms with Crippen LogP contribution >= 0.6 is 46.4 Å². The van der Waals surface area contributed by atoms with Gasteiger partial charge in [0.15, 0.2) is 9.84 Å². The molecule has 106 valence electrons. The molecule has 2 aromatic rings. The van der Waals surface area contributed by atoms with E-state index >= 15 is 0 Å². The van der Waals surface area contributed by atoms with Crippen LogP contribution in [0.2, 0.25) is 20.1 Å². The molecule has 20 heavy (non-hydrogen) atoms. The lowest BCUT2D eigenvalue weighted by molar-refractivity contribution is 0.602. The van der Waals surface area contributed by atoms with E-state index in [9.17, 15) is 8.42 Å². The molecule has 0 radical (unpaired) electrons. The zero-order valence-corrected chi connectivity index (χ0v) is 14.0. The summed E-state index contributed by atoms with van der Waals surface area (Å²) in [6.45, 7) is 0. The average Bonchev–Trinajstić information content (AvgIpc) is 2.35. The second kappa shape index (κ2) is 5.74. The summed E-state index contributed by atoms with van der Waals surface area (Å²) in [5.41, 5.74) is 1.01. The molecule has 2 rings (SSSR count). The van der Waals surface area contributed by atoms with Gasteiger partial charge in [-0.05, 0) is 23.8 Å². The number of halogens is 4. The molecule has 0 bridgehead atoms. The van der Waals surface area contributed by atoms with E-state index in [0.717, 1.165) is 6.26 Å². The maximum absolute atomic E-state index is 11.7. The van der Waals surface area contributed by atoms with Crippen LogP contribution < -0.4 is 0 Å². The molecule has 0 amide bonds. The molecule has 0 saturated heterocycles. The Morgan fingerprint density at radius 3 is 1.95 bits per heavy atom. The zero-order valence-electron chi connectivity index (χ0n) is 10.1. The zero-order chi connectivity index (χ0) is 15.1. The van der Waals surface area contributed by atoms with Gasteiger partial charge >= 0.3 is 0 Å². The first-order valence-electron chi connectivity index (χ1n) is 5.35. The smallest absolute Gasteiger partial charge is 0.177 e. The van der Waals surface area contributed by atoms with Gasteiger partial charge in [0.25, 0.3) is 0 Å². The van der Waals surface area contributed by atoms with Crippen LogP contribution in [-0.4, -0.2) is 14.7 Å². The number of benzene rings is 2. The first-order chi connectivity index (χ1) is 9.21. The minimum atomic E-state index is -3.51. The fourth-order valence-corrected chi connectivity index (χ4v) is 3.86. The lowest BCUT2D eigenvalue weighted by atomic mass is 10.1. The molecular weight excluding hydrogens is 362 g/mol. The molecule has 0 aliphatic rings. The van der Waals surface area contributed by atoms with Crippen LogP contribution in [0, 0.1) is 0 Å². The molecular formula is C13H8Cl4O2S. The third-order valence-electron chi connectivity index (χ3n) is 2.66. The SMILES string of the molecule is CS(=O)(=O)c1cc(Cl)c(Cl)c(-c2ccc(Cl)cc2)c1Cl. The molecule has 0 aliphatic heterocycles. The van der Waals surface area contributed by atoms with Crippen molar-refractivity contribution >= 4 is 56.2 Å². The molecule has 0 unspecified atom stereocenters. The van der Waals surface area contributed by atoms with Crippen molar-refractivity contribution in [2.75, 3.05) is 6.26 Å². The van der Waals surface area contributed by atoms with Crippen LogP contribution in [0.3, 0.4) is 0 Å². The van der Waals surface area contributed by atoms with Gasteiger partial charge in [0.05, 0.1) is 20.0 Å². The van der Waals surface area contributed by atoms with E-state index < -0.39 is 9.84 Å². The normalized spacial score (nSPS) is 11.7. The summed E-state index contributed by atoms with van der Waals surface area (Å²) in [7, 11) is -3.51. The molecule has 2 nitrogen and oxygen atoms in total. The highest BCUT2D eigenvalue weighted by molar-refractivity contribution is 7.90. The van der Waals surface area contributed by atoms with Crippen LogP contribution in [0.4, 0.5) is 0 Å². The minimum absolute atomic E-state index is 0.0456. The number of hydrogen-bond acceptors (Lipinski definition) is 2. The highest BCUT2D eigenvalue weighted by Crippen LogP contribution is 2.43. The highest BCUT2D eigenvalue weighted by atomic mass is 35.5. The number of hydrogen-bond donors (Lipinski definition) is 0. The molecule has 0 aromatic heterocycles. The summed E-state index contributed by atoms with van der Waals surface area (Å²) in [5.74, 6) is 0. The Bertz CT molecular complexity index is 768. The van der Waals surface area contributed by atoms with E-state index in [2.05, 4.69) is 0 Å². The largest absolute Gasteiger partial charge is 0.224 e. The van der Waals surface area contributed by atoms with Gasteiger partial charge in [0.2, 0.25) is 0 Å². The van der Waals surface area contributed by atoms with Crippen LogP contribution in [0.25, 0.3) is 11.1 Å². The highest BCUT2D eigenvalue weighted by Gasteiger charge is 2.21. The summed E-state index contributed by atoms with van der Waals surface area (Å²) < 4.78 is 23.5. The molecule has 0 saturated carbocycles. The predicted molar refractivity (Wildman–Crippen MR) is 85.0 cm³/mol. The molecule has 0 atom stereocenters. The van der Waals surface area contributed by atoms with Crippen molar-refractivity contribution in [3.05, 3.63) is 50.4 Å². The molecule has 2 aromatic carbocycles. The Kier molecular flexibility index (Phi) is 4.57. The summed E-state index contributed by atoms with van der Waals surface area (Å²) >= 11 is 24.2. The monoisotopic (exact) mass is 368 g/mol. The van der Waals surface area contributed by atoms with Gasteiger partial charge in [-0.1, -0.05) is 58.5 Å². The van der Waals surface area contributed by atoms with Crippen LogP contribution in [-0.2, 0) is 9.84 Å². The van der Waals surface area contributed by atoms with E-state index in [1.54, 1.807) is 24.3 Å². The maximum Gasteiger partial charge on any atom is 0.177 e. The van der Waals surface area contributed by atoms with Crippen LogP contribution in [0.5, 0.6) is 0 Å². The fourth-order valence-electron chi connectivity index (χ4n) is 1.72. The maximum atomic E-state index is 11.7. The number of rotatable bonds is 2. The summed E-state index contributed by atoms with van der Waals surface area (Å²) in [5, 5.41) is 0.920. The van der Waals surface area contributed by atoms with E-state index in [0.29, 0.717) is 16.1 Å².